The van der Waals surface area contributed by atoms with Crippen LogP contribution in [0.2, 0.25) is 0 Å². The van der Waals surface area contributed by atoms with Gasteiger partial charge in [-0.3, -0.25) is 4.79 Å². The standard InChI is InChI=1S/C11H19N3O/c1-5-9(4)14-11(15)10(6-12)7-13-8(2)3/h7-9,13H,5H2,1-4H3,(H,14,15)/b10-7-. The van der Waals surface area contributed by atoms with Gasteiger partial charge in [-0.15, -0.1) is 0 Å². The first kappa shape index (κ1) is 13.5. The van der Waals surface area contributed by atoms with Gasteiger partial charge in [0.2, 0.25) is 0 Å². The summed E-state index contributed by atoms with van der Waals surface area (Å²) in [6, 6.07) is 2.18. The number of nitrogens with one attached hydrogen (secondary N) is 2. The number of rotatable bonds is 5. The molecule has 0 bridgehead atoms. The number of carbonyl (C=O) groups is 1. The Bertz CT molecular complexity index is 276. The number of hydrogen-bond acceptors (Lipinski definition) is 3. The van der Waals surface area contributed by atoms with Crippen molar-refractivity contribution in [3.63, 3.8) is 0 Å². The quantitative estimate of drug-likeness (QED) is 0.530. The van der Waals surface area contributed by atoms with E-state index in [1.165, 1.54) is 6.20 Å². The minimum Gasteiger partial charge on any atom is -0.387 e. The summed E-state index contributed by atoms with van der Waals surface area (Å²) in [5.74, 6) is -0.319. The summed E-state index contributed by atoms with van der Waals surface area (Å²) in [6.07, 6.45) is 2.31. The van der Waals surface area contributed by atoms with Gasteiger partial charge in [0, 0.05) is 18.3 Å². The highest BCUT2D eigenvalue weighted by Crippen LogP contribution is 1.95. The molecular formula is C11H19N3O. The van der Waals surface area contributed by atoms with E-state index >= 15 is 0 Å². The maximum Gasteiger partial charge on any atom is 0.263 e. The molecule has 0 aromatic carbocycles. The lowest BCUT2D eigenvalue weighted by molar-refractivity contribution is -0.117. The molecule has 0 aromatic heterocycles. The van der Waals surface area contributed by atoms with Crippen LogP contribution in [0.4, 0.5) is 0 Å². The molecule has 0 saturated carbocycles. The van der Waals surface area contributed by atoms with Gasteiger partial charge in [0.15, 0.2) is 0 Å². The fourth-order valence-electron chi connectivity index (χ4n) is 0.802. The molecule has 0 radical (unpaired) electrons. The zero-order valence-electron chi connectivity index (χ0n) is 9.79. The number of amides is 1. The van der Waals surface area contributed by atoms with Crippen LogP contribution in [0.15, 0.2) is 11.8 Å². The van der Waals surface area contributed by atoms with Crippen molar-refractivity contribution in [1.82, 2.24) is 10.6 Å². The summed E-state index contributed by atoms with van der Waals surface area (Å²) >= 11 is 0. The normalized spacial score (nSPS) is 13.2. The zero-order valence-corrected chi connectivity index (χ0v) is 9.79. The van der Waals surface area contributed by atoms with Gasteiger partial charge in [-0.2, -0.15) is 5.26 Å². The maximum absolute atomic E-state index is 11.5. The Balaban J connectivity index is 4.36. The van der Waals surface area contributed by atoms with Crippen LogP contribution in [0.3, 0.4) is 0 Å². The van der Waals surface area contributed by atoms with Gasteiger partial charge >= 0.3 is 0 Å². The van der Waals surface area contributed by atoms with E-state index < -0.39 is 0 Å². The zero-order chi connectivity index (χ0) is 11.8. The van der Waals surface area contributed by atoms with Crippen molar-refractivity contribution in [1.29, 1.82) is 5.26 Å². The predicted octanol–water partition coefficient (Wildman–Crippen LogP) is 1.31. The van der Waals surface area contributed by atoms with Crippen LogP contribution >= 0.6 is 0 Å². The SMILES string of the molecule is CCC(C)NC(=O)/C(C#N)=C\NC(C)C. The maximum atomic E-state index is 11.5. The molecule has 84 valence electrons. The van der Waals surface area contributed by atoms with E-state index in [1.54, 1.807) is 0 Å². The first-order valence-corrected chi connectivity index (χ1v) is 5.18. The van der Waals surface area contributed by atoms with Gasteiger partial charge in [-0.05, 0) is 27.2 Å². The molecule has 0 spiro atoms. The van der Waals surface area contributed by atoms with E-state index in [1.807, 2.05) is 33.8 Å². The second-order valence-corrected chi connectivity index (χ2v) is 3.77. The van der Waals surface area contributed by atoms with Crippen LogP contribution in [-0.2, 0) is 4.79 Å². The van der Waals surface area contributed by atoms with E-state index in [0.29, 0.717) is 0 Å². The molecule has 4 nitrogen and oxygen atoms in total. The molecule has 0 aliphatic heterocycles. The molecule has 1 unspecified atom stereocenters. The van der Waals surface area contributed by atoms with Gasteiger partial charge in [0.05, 0.1) is 0 Å². The fourth-order valence-corrected chi connectivity index (χ4v) is 0.802. The first-order valence-electron chi connectivity index (χ1n) is 5.18. The highest BCUT2D eigenvalue weighted by atomic mass is 16.1. The molecule has 0 rings (SSSR count). The Morgan fingerprint density at radius 2 is 2.07 bits per heavy atom. The molecule has 0 fully saturated rings. The number of hydrogen-bond donors (Lipinski definition) is 2. The monoisotopic (exact) mass is 209 g/mol. The molecule has 1 amide bonds. The van der Waals surface area contributed by atoms with Crippen LogP contribution in [0.25, 0.3) is 0 Å². The summed E-state index contributed by atoms with van der Waals surface area (Å²) in [4.78, 5) is 11.5. The smallest absolute Gasteiger partial charge is 0.263 e. The third kappa shape index (κ3) is 5.74. The van der Waals surface area contributed by atoms with Gasteiger partial charge in [0.25, 0.3) is 5.91 Å². The molecule has 15 heavy (non-hydrogen) atoms. The third-order valence-electron chi connectivity index (χ3n) is 1.92. The van der Waals surface area contributed by atoms with Gasteiger partial charge in [0.1, 0.15) is 11.6 Å². The van der Waals surface area contributed by atoms with Crippen LogP contribution in [0.5, 0.6) is 0 Å². The minimum absolute atomic E-state index is 0.0910. The number of nitrogens with zero attached hydrogens (tertiary/aromatic N) is 1. The van der Waals surface area contributed by atoms with Crippen molar-refractivity contribution >= 4 is 5.91 Å². The summed E-state index contributed by atoms with van der Waals surface area (Å²) in [5.41, 5.74) is 0.115. The minimum atomic E-state index is -0.319. The van der Waals surface area contributed by atoms with Crippen molar-refractivity contribution in [3.05, 3.63) is 11.8 Å². The fraction of sp³-hybridized carbons (Fsp3) is 0.636. The molecule has 0 aliphatic rings. The summed E-state index contributed by atoms with van der Waals surface area (Å²) in [6.45, 7) is 7.77. The predicted molar refractivity (Wildman–Crippen MR) is 59.9 cm³/mol. The first-order chi connectivity index (χ1) is 7.01. The molecular weight excluding hydrogens is 190 g/mol. The highest BCUT2D eigenvalue weighted by molar-refractivity contribution is 5.97. The molecule has 0 saturated heterocycles. The van der Waals surface area contributed by atoms with Crippen LogP contribution in [0, 0.1) is 11.3 Å². The van der Waals surface area contributed by atoms with Crippen molar-refractivity contribution in [3.8, 4) is 6.07 Å². The molecule has 0 aromatic rings. The second kappa shape index (κ2) is 6.88. The number of carbonyl (C=O) groups excluding carboxylic acids is 1. The van der Waals surface area contributed by atoms with Gasteiger partial charge < -0.3 is 10.6 Å². The lowest BCUT2D eigenvalue weighted by Gasteiger charge is -2.11. The summed E-state index contributed by atoms with van der Waals surface area (Å²) < 4.78 is 0. The van der Waals surface area contributed by atoms with Crippen molar-refractivity contribution in [2.24, 2.45) is 0 Å². The lowest BCUT2D eigenvalue weighted by atomic mass is 10.2. The topological polar surface area (TPSA) is 64.9 Å². The summed E-state index contributed by atoms with van der Waals surface area (Å²) in [7, 11) is 0. The molecule has 4 heteroatoms. The Morgan fingerprint density at radius 3 is 2.47 bits per heavy atom. The molecule has 2 N–H and O–H groups in total. The van der Waals surface area contributed by atoms with E-state index in [-0.39, 0.29) is 23.6 Å². The Kier molecular flexibility index (Phi) is 6.19. The molecule has 0 aliphatic carbocycles. The summed E-state index contributed by atoms with van der Waals surface area (Å²) in [5, 5.41) is 14.4. The Labute approximate surface area is 91.4 Å². The van der Waals surface area contributed by atoms with E-state index in [4.69, 9.17) is 5.26 Å². The van der Waals surface area contributed by atoms with E-state index in [2.05, 4.69) is 10.6 Å². The average Bonchev–Trinajstić information content (AvgIpc) is 2.18. The molecule has 0 heterocycles. The van der Waals surface area contributed by atoms with Crippen LogP contribution in [0.1, 0.15) is 34.1 Å². The van der Waals surface area contributed by atoms with Crippen LogP contribution < -0.4 is 10.6 Å². The van der Waals surface area contributed by atoms with E-state index in [9.17, 15) is 4.79 Å². The van der Waals surface area contributed by atoms with Crippen LogP contribution in [-0.4, -0.2) is 18.0 Å². The van der Waals surface area contributed by atoms with Crippen molar-refractivity contribution in [2.45, 2.75) is 46.2 Å². The third-order valence-corrected chi connectivity index (χ3v) is 1.92. The van der Waals surface area contributed by atoms with Gasteiger partial charge in [-0.25, -0.2) is 0 Å². The van der Waals surface area contributed by atoms with E-state index in [0.717, 1.165) is 6.42 Å². The Hall–Kier alpha value is -1.50. The average molecular weight is 209 g/mol. The van der Waals surface area contributed by atoms with Gasteiger partial charge in [-0.1, -0.05) is 6.92 Å². The largest absolute Gasteiger partial charge is 0.387 e. The lowest BCUT2D eigenvalue weighted by Crippen LogP contribution is -2.33. The number of nitriles is 1. The highest BCUT2D eigenvalue weighted by Gasteiger charge is 2.10. The Morgan fingerprint density at radius 1 is 1.47 bits per heavy atom. The van der Waals surface area contributed by atoms with Crippen molar-refractivity contribution in [2.75, 3.05) is 0 Å². The second-order valence-electron chi connectivity index (χ2n) is 3.77. The van der Waals surface area contributed by atoms with Crippen molar-refractivity contribution < 1.29 is 4.79 Å². The molecule has 1 atom stereocenters.